The van der Waals surface area contributed by atoms with Crippen molar-refractivity contribution in [1.82, 2.24) is 10.2 Å². The van der Waals surface area contributed by atoms with Gasteiger partial charge in [-0.15, -0.1) is 0 Å². The summed E-state index contributed by atoms with van der Waals surface area (Å²) in [6.45, 7) is 1.04. The third kappa shape index (κ3) is 4.32. The van der Waals surface area contributed by atoms with E-state index in [2.05, 4.69) is 34.7 Å². The highest BCUT2D eigenvalue weighted by Gasteiger charge is 2.44. The van der Waals surface area contributed by atoms with Crippen molar-refractivity contribution in [3.63, 3.8) is 0 Å². The first-order valence-electron chi connectivity index (χ1n) is 10.9. The molecule has 2 fully saturated rings. The van der Waals surface area contributed by atoms with Crippen molar-refractivity contribution in [2.75, 3.05) is 13.1 Å². The Morgan fingerprint density at radius 2 is 2.07 bits per heavy atom. The molecule has 1 amide bonds. The van der Waals surface area contributed by atoms with Gasteiger partial charge in [0.1, 0.15) is 11.8 Å². The summed E-state index contributed by atoms with van der Waals surface area (Å²) in [6, 6.07) is 7.75. The summed E-state index contributed by atoms with van der Waals surface area (Å²) in [5, 5.41) is 15.1. The highest BCUT2D eigenvalue weighted by atomic mass is 32.1. The van der Waals surface area contributed by atoms with Gasteiger partial charge in [-0.2, -0.15) is 0 Å². The van der Waals surface area contributed by atoms with Crippen LogP contribution in [0.3, 0.4) is 0 Å². The van der Waals surface area contributed by atoms with E-state index in [9.17, 15) is 9.59 Å². The summed E-state index contributed by atoms with van der Waals surface area (Å²) in [7, 11) is 0. The minimum absolute atomic E-state index is 0.0776. The fraction of sp³-hybridized carbons (Fsp3) is 0.565. The molecule has 1 aromatic rings. The van der Waals surface area contributed by atoms with E-state index >= 15 is 0 Å². The number of hydrogen-bond acceptors (Lipinski definition) is 6. The van der Waals surface area contributed by atoms with Crippen LogP contribution in [0.4, 0.5) is 0 Å². The molecule has 0 spiro atoms. The predicted molar refractivity (Wildman–Crippen MR) is 119 cm³/mol. The summed E-state index contributed by atoms with van der Waals surface area (Å²) in [5.41, 5.74) is 2.83. The van der Waals surface area contributed by atoms with Crippen molar-refractivity contribution in [3.8, 4) is 0 Å². The molecule has 6 nitrogen and oxygen atoms in total. The van der Waals surface area contributed by atoms with Crippen molar-refractivity contribution in [1.29, 1.82) is 0 Å². The van der Waals surface area contributed by atoms with Crippen LogP contribution in [0.1, 0.15) is 43.2 Å². The number of carbonyl (C=O) groups is 2. The van der Waals surface area contributed by atoms with E-state index in [-0.39, 0.29) is 17.7 Å². The van der Waals surface area contributed by atoms with Crippen molar-refractivity contribution in [2.24, 2.45) is 17.0 Å². The number of rotatable bonds is 6. The van der Waals surface area contributed by atoms with Gasteiger partial charge in [0.15, 0.2) is 0 Å². The Hall–Kier alpha value is -2.12. The number of carbonyl (C=O) groups excluding carboxylic acids is 2. The predicted octanol–water partition coefficient (Wildman–Crippen LogP) is 2.55. The first-order chi connectivity index (χ1) is 14.6. The number of nitrogens with one attached hydrogen (secondary N) is 1. The van der Waals surface area contributed by atoms with Crippen molar-refractivity contribution >= 4 is 35.0 Å². The number of amides is 1. The molecule has 0 saturated carbocycles. The SMILES string of the molecule is O=C(CC[C@@H]1CCc2ccccc2C1)C1C(=S)CN[C@@H]1C(=O)N1CCC[C@H]1C=NO. The van der Waals surface area contributed by atoms with Gasteiger partial charge in [0.2, 0.25) is 5.91 Å². The molecule has 4 rings (SSSR count). The molecule has 30 heavy (non-hydrogen) atoms. The van der Waals surface area contributed by atoms with Crippen LogP contribution in [0.2, 0.25) is 0 Å². The van der Waals surface area contributed by atoms with E-state index in [1.165, 1.54) is 17.3 Å². The Morgan fingerprint density at radius 1 is 1.27 bits per heavy atom. The summed E-state index contributed by atoms with van der Waals surface area (Å²) < 4.78 is 0. The third-order valence-electron chi connectivity index (χ3n) is 6.86. The molecular weight excluding hydrogens is 398 g/mol. The molecule has 2 aliphatic heterocycles. The first kappa shape index (κ1) is 21.1. The average molecular weight is 428 g/mol. The number of nitrogens with zero attached hydrogens (tertiary/aromatic N) is 2. The molecule has 3 aliphatic rings. The second-order valence-corrected chi connectivity index (χ2v) is 9.22. The number of Topliss-reactive ketones (excluding diaryl/α,β-unsaturated/α-hetero) is 1. The van der Waals surface area contributed by atoms with Crippen LogP contribution in [0.5, 0.6) is 0 Å². The Labute approximate surface area is 182 Å². The van der Waals surface area contributed by atoms with Crippen LogP contribution in [-0.2, 0) is 22.4 Å². The van der Waals surface area contributed by atoms with E-state index in [1.807, 2.05) is 0 Å². The second kappa shape index (κ2) is 9.35. The highest BCUT2D eigenvalue weighted by Crippen LogP contribution is 2.30. The number of benzene rings is 1. The molecule has 4 atom stereocenters. The van der Waals surface area contributed by atoms with E-state index in [0.29, 0.717) is 30.3 Å². The van der Waals surface area contributed by atoms with E-state index in [0.717, 1.165) is 38.5 Å². The zero-order valence-electron chi connectivity index (χ0n) is 17.1. The van der Waals surface area contributed by atoms with Crippen molar-refractivity contribution < 1.29 is 14.8 Å². The zero-order chi connectivity index (χ0) is 21.1. The van der Waals surface area contributed by atoms with Gasteiger partial charge in [0.25, 0.3) is 0 Å². The number of aryl methyl sites for hydroxylation is 1. The minimum Gasteiger partial charge on any atom is -0.411 e. The fourth-order valence-corrected chi connectivity index (χ4v) is 5.57. The molecule has 7 heteroatoms. The first-order valence-corrected chi connectivity index (χ1v) is 11.3. The topological polar surface area (TPSA) is 82.0 Å². The van der Waals surface area contributed by atoms with Crippen LogP contribution in [0, 0.1) is 11.8 Å². The lowest BCUT2D eigenvalue weighted by Crippen LogP contribution is -2.50. The van der Waals surface area contributed by atoms with Gasteiger partial charge in [-0.3, -0.25) is 9.59 Å². The number of hydrogen-bond donors (Lipinski definition) is 2. The standard InChI is InChI=1S/C23H29N3O3S/c27-19(10-8-15-7-9-16-4-1-2-5-17(16)12-15)21-20(30)14-24-22(21)23(28)26-11-3-6-18(26)13-25-29/h1-2,4-5,13,15,18,21-22,24,29H,3,6-12,14H2/t15-,18-,21?,22-/m0/s1. The summed E-state index contributed by atoms with van der Waals surface area (Å²) in [5.74, 6) is -0.0590. The normalized spacial score (nSPS) is 28.8. The molecule has 1 aliphatic carbocycles. The molecule has 2 saturated heterocycles. The molecule has 0 bridgehead atoms. The van der Waals surface area contributed by atoms with E-state index < -0.39 is 12.0 Å². The van der Waals surface area contributed by atoms with Gasteiger partial charge in [0, 0.05) is 24.4 Å². The number of fused-ring (bicyclic) bond motifs is 1. The summed E-state index contributed by atoms with van der Waals surface area (Å²) in [4.78, 5) is 28.6. The van der Waals surface area contributed by atoms with Crippen molar-refractivity contribution in [2.45, 2.75) is 57.0 Å². The minimum atomic E-state index is -0.593. The third-order valence-corrected chi connectivity index (χ3v) is 7.26. The monoisotopic (exact) mass is 427 g/mol. The summed E-state index contributed by atoms with van der Waals surface area (Å²) in [6.07, 6.45) is 7.54. The van der Waals surface area contributed by atoms with Crippen LogP contribution in [0.15, 0.2) is 29.4 Å². The molecule has 160 valence electrons. The zero-order valence-corrected chi connectivity index (χ0v) is 17.9. The lowest BCUT2D eigenvalue weighted by Gasteiger charge is -2.28. The lowest BCUT2D eigenvalue weighted by molar-refractivity contribution is -0.136. The number of likely N-dealkylation sites (tertiary alicyclic amines) is 1. The van der Waals surface area contributed by atoms with Gasteiger partial charge < -0.3 is 15.4 Å². The molecule has 1 unspecified atom stereocenters. The number of oxime groups is 1. The van der Waals surface area contributed by atoms with Gasteiger partial charge >= 0.3 is 0 Å². The highest BCUT2D eigenvalue weighted by molar-refractivity contribution is 7.80. The quantitative estimate of drug-likeness (QED) is 0.316. The van der Waals surface area contributed by atoms with Crippen molar-refractivity contribution in [3.05, 3.63) is 35.4 Å². The molecular formula is C23H29N3O3S. The Bertz CT molecular complexity index is 856. The fourth-order valence-electron chi connectivity index (χ4n) is 5.22. The maximum atomic E-state index is 13.1. The number of thiocarbonyl (C=S) groups is 1. The molecule has 0 aromatic heterocycles. The summed E-state index contributed by atoms with van der Waals surface area (Å²) >= 11 is 5.47. The van der Waals surface area contributed by atoms with Crippen LogP contribution in [0.25, 0.3) is 0 Å². The van der Waals surface area contributed by atoms with Gasteiger partial charge in [0.05, 0.1) is 18.2 Å². The van der Waals surface area contributed by atoms with Gasteiger partial charge in [-0.1, -0.05) is 41.6 Å². The maximum absolute atomic E-state index is 13.1. The largest absolute Gasteiger partial charge is 0.411 e. The lowest BCUT2D eigenvalue weighted by atomic mass is 9.80. The number of ketones is 1. The molecule has 1 aromatic carbocycles. The van der Waals surface area contributed by atoms with E-state index in [4.69, 9.17) is 17.4 Å². The van der Waals surface area contributed by atoms with Gasteiger partial charge in [-0.05, 0) is 55.6 Å². The van der Waals surface area contributed by atoms with Crippen LogP contribution >= 0.6 is 12.2 Å². The second-order valence-electron chi connectivity index (χ2n) is 8.69. The maximum Gasteiger partial charge on any atom is 0.241 e. The Balaban J connectivity index is 1.37. The average Bonchev–Trinajstić information content (AvgIpc) is 3.38. The molecule has 2 N–H and O–H groups in total. The van der Waals surface area contributed by atoms with E-state index in [1.54, 1.807) is 4.90 Å². The molecule has 2 heterocycles. The van der Waals surface area contributed by atoms with Crippen LogP contribution in [-0.4, -0.2) is 58.0 Å². The Kier molecular flexibility index (Phi) is 6.58. The van der Waals surface area contributed by atoms with Gasteiger partial charge in [-0.25, -0.2) is 0 Å². The molecule has 0 radical (unpaired) electrons. The smallest absolute Gasteiger partial charge is 0.241 e. The Morgan fingerprint density at radius 3 is 2.87 bits per heavy atom. The van der Waals surface area contributed by atoms with Crippen LogP contribution < -0.4 is 5.32 Å².